The first-order valence-electron chi connectivity index (χ1n) is 10.7. The summed E-state index contributed by atoms with van der Waals surface area (Å²) in [5.41, 5.74) is 9.17. The van der Waals surface area contributed by atoms with Crippen LogP contribution in [-0.2, 0) is 16.3 Å². The van der Waals surface area contributed by atoms with Crippen LogP contribution in [0.15, 0.2) is 60.8 Å². The van der Waals surface area contributed by atoms with Gasteiger partial charge in [-0.1, -0.05) is 36.4 Å². The van der Waals surface area contributed by atoms with Gasteiger partial charge in [0, 0.05) is 18.2 Å². The van der Waals surface area contributed by atoms with Crippen LogP contribution < -0.4 is 5.73 Å². The van der Waals surface area contributed by atoms with Gasteiger partial charge in [-0.05, 0) is 60.1 Å². The summed E-state index contributed by atoms with van der Waals surface area (Å²) in [5, 5.41) is 0. The number of carbonyl (C=O) groups is 1. The van der Waals surface area contributed by atoms with Crippen molar-refractivity contribution in [2.24, 2.45) is 0 Å². The van der Waals surface area contributed by atoms with E-state index in [1.807, 2.05) is 36.4 Å². The molecule has 0 bridgehead atoms. The number of aryl methyl sites for hydroxylation is 1. The number of hydrogen-bond acceptors (Lipinski definition) is 5. The number of sulfone groups is 1. The van der Waals surface area contributed by atoms with Crippen molar-refractivity contribution in [1.82, 2.24) is 4.98 Å². The van der Waals surface area contributed by atoms with E-state index in [2.05, 4.69) is 4.98 Å². The Morgan fingerprint density at radius 1 is 1.06 bits per heavy atom. The lowest BCUT2D eigenvalue weighted by Crippen LogP contribution is -2.22. The number of ketones is 1. The van der Waals surface area contributed by atoms with E-state index in [1.165, 1.54) is 12.1 Å². The molecule has 7 heteroatoms. The van der Waals surface area contributed by atoms with Gasteiger partial charge in [0.15, 0.2) is 5.78 Å². The van der Waals surface area contributed by atoms with Crippen LogP contribution in [0.3, 0.4) is 0 Å². The smallest absolute Gasteiger partial charge is 0.166 e. The van der Waals surface area contributed by atoms with Gasteiger partial charge in [0.05, 0.1) is 17.1 Å². The minimum Gasteiger partial charge on any atom is -0.383 e. The number of nitrogens with zero attached hydrogens (tertiary/aromatic N) is 1. The Labute approximate surface area is 187 Å². The zero-order valence-electron chi connectivity index (χ0n) is 17.6. The number of rotatable bonds is 6. The molecular weight excluding hydrogens is 427 g/mol. The van der Waals surface area contributed by atoms with E-state index in [0.29, 0.717) is 30.4 Å². The summed E-state index contributed by atoms with van der Waals surface area (Å²) < 4.78 is 38.3. The van der Waals surface area contributed by atoms with Crippen molar-refractivity contribution in [1.29, 1.82) is 0 Å². The van der Waals surface area contributed by atoms with Crippen molar-refractivity contribution < 1.29 is 17.6 Å². The van der Waals surface area contributed by atoms with Crippen LogP contribution in [0.4, 0.5) is 10.2 Å². The van der Waals surface area contributed by atoms with Crippen molar-refractivity contribution in [2.75, 3.05) is 17.2 Å². The van der Waals surface area contributed by atoms with Gasteiger partial charge in [-0.15, -0.1) is 0 Å². The molecule has 2 heterocycles. The van der Waals surface area contributed by atoms with E-state index in [0.717, 1.165) is 11.1 Å². The summed E-state index contributed by atoms with van der Waals surface area (Å²) in [6.45, 7) is 0. The van der Waals surface area contributed by atoms with Gasteiger partial charge < -0.3 is 5.73 Å². The summed E-state index contributed by atoms with van der Waals surface area (Å²) in [6, 6.07) is 16.0. The number of nitrogen functional groups attached to an aromatic ring is 1. The lowest BCUT2D eigenvalue weighted by molar-refractivity contribution is 0.0979. The zero-order valence-corrected chi connectivity index (χ0v) is 18.4. The molecule has 0 amide bonds. The molecule has 32 heavy (non-hydrogen) atoms. The first-order valence-corrected chi connectivity index (χ1v) is 12.5. The lowest BCUT2D eigenvalue weighted by Gasteiger charge is -2.22. The highest BCUT2D eigenvalue weighted by atomic mass is 32.2. The highest BCUT2D eigenvalue weighted by molar-refractivity contribution is 7.91. The fraction of sp³-hybridized carbons (Fsp3) is 0.280. The Morgan fingerprint density at radius 2 is 1.78 bits per heavy atom. The van der Waals surface area contributed by atoms with Crippen LogP contribution in [0.2, 0.25) is 0 Å². The molecule has 0 atom stereocenters. The predicted octanol–water partition coefficient (Wildman–Crippen LogP) is 4.58. The molecular formula is C25H25FN2O3S. The van der Waals surface area contributed by atoms with Crippen LogP contribution >= 0.6 is 0 Å². The van der Waals surface area contributed by atoms with Gasteiger partial charge in [-0.3, -0.25) is 4.79 Å². The van der Waals surface area contributed by atoms with Crippen molar-refractivity contribution in [3.8, 4) is 11.1 Å². The molecule has 2 N–H and O–H groups in total. The van der Waals surface area contributed by atoms with Gasteiger partial charge in [-0.25, -0.2) is 17.8 Å². The van der Waals surface area contributed by atoms with E-state index in [-0.39, 0.29) is 41.0 Å². The number of pyridine rings is 1. The van der Waals surface area contributed by atoms with Crippen LogP contribution in [-0.4, -0.2) is 30.7 Å². The van der Waals surface area contributed by atoms with E-state index in [4.69, 9.17) is 5.73 Å². The molecule has 1 aliphatic heterocycles. The fourth-order valence-electron chi connectivity index (χ4n) is 4.12. The summed E-state index contributed by atoms with van der Waals surface area (Å²) in [4.78, 5) is 16.8. The number of halogens is 1. The second-order valence-corrected chi connectivity index (χ2v) is 10.5. The van der Waals surface area contributed by atoms with E-state index >= 15 is 0 Å². The molecule has 166 valence electrons. The number of nitrogens with two attached hydrogens (primary N) is 1. The van der Waals surface area contributed by atoms with Gasteiger partial charge in [0.25, 0.3) is 0 Å². The average Bonchev–Trinajstić information content (AvgIpc) is 2.78. The number of benzene rings is 2. The number of Topliss-reactive ketones (excluding diaryl/α,β-unsaturated/α-hetero) is 1. The van der Waals surface area contributed by atoms with Crippen LogP contribution in [0.5, 0.6) is 0 Å². The number of hydrogen-bond donors (Lipinski definition) is 1. The van der Waals surface area contributed by atoms with Gasteiger partial charge in [0.1, 0.15) is 21.5 Å². The summed E-state index contributed by atoms with van der Waals surface area (Å²) in [5.74, 6) is -0.179. The SMILES string of the molecule is Nc1ncc(C2CCS(=O)(=O)CC2)cc1-c1ccc(C(=O)CCc2ccccc2)c(F)c1. The highest BCUT2D eigenvalue weighted by Crippen LogP contribution is 2.34. The maximum atomic E-state index is 14.8. The number of carbonyl (C=O) groups excluding carboxylic acids is 1. The third kappa shape index (κ3) is 5.05. The second-order valence-electron chi connectivity index (χ2n) is 8.23. The van der Waals surface area contributed by atoms with Crippen LogP contribution in [0, 0.1) is 5.82 Å². The molecule has 1 aromatic heterocycles. The lowest BCUT2D eigenvalue weighted by atomic mass is 9.92. The number of aromatic nitrogens is 1. The quantitative estimate of drug-likeness (QED) is 0.553. The molecule has 0 aliphatic carbocycles. The fourth-order valence-corrected chi connectivity index (χ4v) is 5.61. The molecule has 0 radical (unpaired) electrons. The van der Waals surface area contributed by atoms with Gasteiger partial charge in [-0.2, -0.15) is 0 Å². The van der Waals surface area contributed by atoms with Crippen LogP contribution in [0.1, 0.15) is 46.7 Å². The minimum atomic E-state index is -2.96. The molecule has 1 aliphatic rings. The Bertz CT molecular complexity index is 1230. The standard InChI is InChI=1S/C25H25FN2O3S/c26-23-15-19(7-8-21(23)24(29)9-6-17-4-2-1-3-5-17)22-14-20(16-28-25(22)27)18-10-12-32(30,31)13-11-18/h1-5,7-8,14-16,18H,6,9-13H2,(H2,27,28). The molecule has 1 saturated heterocycles. The maximum Gasteiger partial charge on any atom is 0.166 e. The van der Waals surface area contributed by atoms with Crippen molar-refractivity contribution in [3.63, 3.8) is 0 Å². The zero-order chi connectivity index (χ0) is 22.7. The van der Waals surface area contributed by atoms with Crippen molar-refractivity contribution >= 4 is 21.4 Å². The van der Waals surface area contributed by atoms with E-state index < -0.39 is 15.7 Å². The molecule has 0 saturated carbocycles. The average molecular weight is 453 g/mol. The third-order valence-electron chi connectivity index (χ3n) is 6.03. The number of anilines is 1. The minimum absolute atomic E-state index is 0.0600. The Hall–Kier alpha value is -3.06. The molecule has 3 aromatic rings. The molecule has 2 aromatic carbocycles. The van der Waals surface area contributed by atoms with Gasteiger partial charge in [0.2, 0.25) is 0 Å². The summed E-state index contributed by atoms with van der Waals surface area (Å²) in [6.07, 6.45) is 3.52. The molecule has 4 rings (SSSR count). The maximum absolute atomic E-state index is 14.8. The normalized spacial score (nSPS) is 16.0. The summed E-state index contributed by atoms with van der Waals surface area (Å²) in [7, 11) is -2.96. The topological polar surface area (TPSA) is 90.1 Å². The van der Waals surface area contributed by atoms with Crippen molar-refractivity contribution in [3.05, 3.63) is 83.3 Å². The Kier molecular flexibility index (Phi) is 6.37. The molecule has 5 nitrogen and oxygen atoms in total. The largest absolute Gasteiger partial charge is 0.383 e. The van der Waals surface area contributed by atoms with Gasteiger partial charge >= 0.3 is 0 Å². The second kappa shape index (κ2) is 9.20. The molecule has 1 fully saturated rings. The van der Waals surface area contributed by atoms with E-state index in [9.17, 15) is 17.6 Å². The Balaban J connectivity index is 1.53. The Morgan fingerprint density at radius 3 is 2.47 bits per heavy atom. The third-order valence-corrected chi connectivity index (χ3v) is 7.75. The highest BCUT2D eigenvalue weighted by Gasteiger charge is 2.25. The monoisotopic (exact) mass is 452 g/mol. The van der Waals surface area contributed by atoms with E-state index in [1.54, 1.807) is 12.3 Å². The molecule has 0 unspecified atom stereocenters. The van der Waals surface area contributed by atoms with Crippen molar-refractivity contribution in [2.45, 2.75) is 31.6 Å². The summed E-state index contributed by atoms with van der Waals surface area (Å²) >= 11 is 0. The van der Waals surface area contributed by atoms with Crippen LogP contribution in [0.25, 0.3) is 11.1 Å². The predicted molar refractivity (Wildman–Crippen MR) is 124 cm³/mol. The molecule has 0 spiro atoms. The first kappa shape index (κ1) is 22.1. The first-order chi connectivity index (χ1) is 15.3.